The van der Waals surface area contributed by atoms with Crippen molar-refractivity contribution >= 4 is 17.8 Å². The Kier molecular flexibility index (Phi) is 5.71. The summed E-state index contributed by atoms with van der Waals surface area (Å²) in [4.78, 5) is 18.1. The first-order chi connectivity index (χ1) is 15.7. The van der Waals surface area contributed by atoms with E-state index in [1.807, 2.05) is 0 Å². The zero-order valence-electron chi connectivity index (χ0n) is 18.5. The summed E-state index contributed by atoms with van der Waals surface area (Å²) in [5, 5.41) is 21.3. The highest BCUT2D eigenvalue weighted by atomic mass is 19.1. The number of rotatable bonds is 6. The maximum absolute atomic E-state index is 15.1. The minimum absolute atomic E-state index is 0.192. The fourth-order valence-electron chi connectivity index (χ4n) is 4.21. The zero-order valence-corrected chi connectivity index (χ0v) is 18.5. The van der Waals surface area contributed by atoms with Crippen LogP contribution < -0.4 is 5.32 Å². The number of aromatic nitrogens is 1. The van der Waals surface area contributed by atoms with Crippen LogP contribution in [0.4, 0.5) is 14.5 Å². The summed E-state index contributed by atoms with van der Waals surface area (Å²) in [6, 6.07) is 9.02. The molecule has 0 aliphatic carbocycles. The standard InChI is InChI=1S/C25H24F2N4O2/c1-25(2,33)19-7-6-15(17(11-28)23(19)29-3)14-9-20(26)18(21(27)10-14)12-31-13-22-16(24(31)32)5-4-8-30-22/h4-11,28-29,33H,12-13H2,1-3H3. The van der Waals surface area contributed by atoms with Crippen LogP contribution in [0, 0.1) is 17.0 Å². The minimum atomic E-state index is -1.18. The van der Waals surface area contributed by atoms with E-state index in [1.165, 1.54) is 17.0 Å². The van der Waals surface area contributed by atoms with Gasteiger partial charge in [-0.2, -0.15) is 0 Å². The van der Waals surface area contributed by atoms with Gasteiger partial charge in [-0.3, -0.25) is 9.78 Å². The first-order valence-electron chi connectivity index (χ1n) is 10.4. The maximum atomic E-state index is 15.1. The van der Waals surface area contributed by atoms with Crippen LogP contribution in [0.1, 0.15) is 46.6 Å². The summed E-state index contributed by atoms with van der Waals surface area (Å²) < 4.78 is 30.2. The summed E-state index contributed by atoms with van der Waals surface area (Å²) in [6.07, 6.45) is 2.67. The summed E-state index contributed by atoms with van der Waals surface area (Å²) in [5.74, 6) is -1.88. The molecule has 1 amide bonds. The van der Waals surface area contributed by atoms with Crippen LogP contribution in [0.5, 0.6) is 0 Å². The van der Waals surface area contributed by atoms with Gasteiger partial charge < -0.3 is 20.7 Å². The van der Waals surface area contributed by atoms with E-state index in [1.54, 1.807) is 51.4 Å². The summed E-state index contributed by atoms with van der Waals surface area (Å²) in [6.45, 7) is 3.22. The zero-order chi connectivity index (χ0) is 23.9. The third-order valence-corrected chi connectivity index (χ3v) is 5.85. The lowest BCUT2D eigenvalue weighted by Gasteiger charge is -2.24. The van der Waals surface area contributed by atoms with Crippen molar-refractivity contribution in [3.63, 3.8) is 0 Å². The number of carbonyl (C=O) groups is 1. The normalized spacial score (nSPS) is 13.3. The number of pyridine rings is 1. The van der Waals surface area contributed by atoms with Crippen LogP contribution in [0.25, 0.3) is 11.1 Å². The summed E-state index contributed by atoms with van der Waals surface area (Å²) in [7, 11) is 1.66. The van der Waals surface area contributed by atoms with E-state index >= 15 is 8.78 Å². The summed E-state index contributed by atoms with van der Waals surface area (Å²) >= 11 is 0. The summed E-state index contributed by atoms with van der Waals surface area (Å²) in [5.41, 5.74) is 1.81. The third kappa shape index (κ3) is 3.98. The van der Waals surface area contributed by atoms with E-state index < -0.39 is 17.2 Å². The Morgan fingerprint density at radius 2 is 1.91 bits per heavy atom. The quantitative estimate of drug-likeness (QED) is 0.484. The molecule has 6 nitrogen and oxygen atoms in total. The number of halogens is 2. The number of fused-ring (bicyclic) bond motifs is 1. The Balaban J connectivity index is 1.71. The topological polar surface area (TPSA) is 89.3 Å². The highest BCUT2D eigenvalue weighted by molar-refractivity contribution is 5.98. The molecule has 0 radical (unpaired) electrons. The van der Waals surface area contributed by atoms with Gasteiger partial charge in [-0.15, -0.1) is 0 Å². The molecule has 3 N–H and O–H groups in total. The number of amides is 1. The van der Waals surface area contributed by atoms with Crippen LogP contribution in [0.2, 0.25) is 0 Å². The molecule has 0 bridgehead atoms. The van der Waals surface area contributed by atoms with E-state index in [9.17, 15) is 9.90 Å². The van der Waals surface area contributed by atoms with Gasteiger partial charge in [-0.1, -0.05) is 12.1 Å². The van der Waals surface area contributed by atoms with E-state index in [-0.39, 0.29) is 30.1 Å². The number of hydrogen-bond donors (Lipinski definition) is 3. The van der Waals surface area contributed by atoms with Crippen molar-refractivity contribution < 1.29 is 18.7 Å². The average molecular weight is 450 g/mol. The number of carbonyl (C=O) groups excluding carboxylic acids is 1. The maximum Gasteiger partial charge on any atom is 0.256 e. The second-order valence-corrected chi connectivity index (χ2v) is 8.48. The van der Waals surface area contributed by atoms with Gasteiger partial charge in [-0.05, 0) is 49.2 Å². The molecule has 1 aromatic heterocycles. The van der Waals surface area contributed by atoms with Gasteiger partial charge in [0.25, 0.3) is 5.91 Å². The smallest absolute Gasteiger partial charge is 0.256 e. The second kappa shape index (κ2) is 8.37. The molecule has 0 saturated carbocycles. The second-order valence-electron chi connectivity index (χ2n) is 8.48. The van der Waals surface area contributed by atoms with Crippen LogP contribution in [-0.4, -0.2) is 34.2 Å². The van der Waals surface area contributed by atoms with Crippen molar-refractivity contribution in [2.75, 3.05) is 12.4 Å². The molecule has 2 heterocycles. The fourth-order valence-corrected chi connectivity index (χ4v) is 4.21. The molecule has 0 spiro atoms. The fraction of sp³-hybridized carbons (Fsp3) is 0.240. The average Bonchev–Trinajstić information content (AvgIpc) is 3.09. The minimum Gasteiger partial charge on any atom is -0.387 e. The molecule has 0 fully saturated rings. The lowest BCUT2D eigenvalue weighted by atomic mass is 9.89. The lowest BCUT2D eigenvalue weighted by Crippen LogP contribution is -2.24. The van der Waals surface area contributed by atoms with Gasteiger partial charge in [0.2, 0.25) is 0 Å². The van der Waals surface area contributed by atoms with E-state index in [4.69, 9.17) is 5.41 Å². The predicted octanol–water partition coefficient (Wildman–Crippen LogP) is 4.45. The molecule has 2 aromatic carbocycles. The molecule has 8 heteroatoms. The molecular formula is C25H24F2N4O2. The Morgan fingerprint density at radius 1 is 1.21 bits per heavy atom. The number of aliphatic hydroxyl groups is 1. The van der Waals surface area contributed by atoms with Crippen LogP contribution in [-0.2, 0) is 18.7 Å². The highest BCUT2D eigenvalue weighted by Crippen LogP contribution is 2.37. The largest absolute Gasteiger partial charge is 0.387 e. The van der Waals surface area contributed by atoms with E-state index in [0.29, 0.717) is 33.6 Å². The molecule has 1 aliphatic heterocycles. The van der Waals surface area contributed by atoms with Gasteiger partial charge in [0.1, 0.15) is 11.6 Å². The third-order valence-electron chi connectivity index (χ3n) is 5.85. The number of benzene rings is 2. The van der Waals surface area contributed by atoms with E-state index in [0.717, 1.165) is 6.21 Å². The number of hydrogen-bond acceptors (Lipinski definition) is 5. The molecule has 170 valence electrons. The number of nitrogens with one attached hydrogen (secondary N) is 2. The predicted molar refractivity (Wildman–Crippen MR) is 122 cm³/mol. The van der Waals surface area contributed by atoms with Crippen molar-refractivity contribution in [3.8, 4) is 11.1 Å². The first kappa shape index (κ1) is 22.5. The van der Waals surface area contributed by atoms with Crippen LogP contribution in [0.15, 0.2) is 42.6 Å². The SMILES string of the molecule is CNc1c(C(C)(C)O)ccc(-c2cc(F)c(CN3Cc4ncccc4C3=O)c(F)c2)c1C=N. The lowest BCUT2D eigenvalue weighted by molar-refractivity contribution is 0.0761. The highest BCUT2D eigenvalue weighted by Gasteiger charge is 2.30. The van der Waals surface area contributed by atoms with Gasteiger partial charge >= 0.3 is 0 Å². The van der Waals surface area contributed by atoms with Crippen molar-refractivity contribution in [1.29, 1.82) is 5.41 Å². The Hall–Kier alpha value is -3.65. The van der Waals surface area contributed by atoms with Crippen molar-refractivity contribution in [1.82, 2.24) is 9.88 Å². The molecule has 1 aliphatic rings. The number of nitrogens with zero attached hydrogens (tertiary/aromatic N) is 2. The molecule has 33 heavy (non-hydrogen) atoms. The Labute approximate surface area is 190 Å². The Bertz CT molecular complexity index is 1240. The van der Waals surface area contributed by atoms with Gasteiger partial charge in [0.05, 0.1) is 29.9 Å². The molecule has 0 unspecified atom stereocenters. The molecular weight excluding hydrogens is 426 g/mol. The van der Waals surface area contributed by atoms with Crippen LogP contribution >= 0.6 is 0 Å². The Morgan fingerprint density at radius 3 is 2.48 bits per heavy atom. The van der Waals surface area contributed by atoms with Gasteiger partial charge in [0, 0.05) is 41.8 Å². The number of anilines is 1. The van der Waals surface area contributed by atoms with Crippen molar-refractivity contribution in [3.05, 3.63) is 82.2 Å². The van der Waals surface area contributed by atoms with Crippen molar-refractivity contribution in [2.24, 2.45) is 0 Å². The molecule has 0 atom stereocenters. The molecule has 3 aromatic rings. The molecule has 0 saturated heterocycles. The van der Waals surface area contributed by atoms with E-state index in [2.05, 4.69) is 10.3 Å². The van der Waals surface area contributed by atoms with Crippen LogP contribution in [0.3, 0.4) is 0 Å². The van der Waals surface area contributed by atoms with Gasteiger partial charge in [0.15, 0.2) is 0 Å². The molecule has 4 rings (SSSR count). The monoisotopic (exact) mass is 450 g/mol. The first-order valence-corrected chi connectivity index (χ1v) is 10.4. The van der Waals surface area contributed by atoms with Crippen molar-refractivity contribution in [2.45, 2.75) is 32.5 Å². The van der Waals surface area contributed by atoms with Gasteiger partial charge in [-0.25, -0.2) is 8.78 Å².